The van der Waals surface area contributed by atoms with Crippen LogP contribution in [0.25, 0.3) is 0 Å². The van der Waals surface area contributed by atoms with Crippen molar-refractivity contribution >= 4 is 23.6 Å². The van der Waals surface area contributed by atoms with E-state index in [4.69, 9.17) is 0 Å². The molecule has 2 aliphatic rings. The Bertz CT molecular complexity index is 367. The van der Waals surface area contributed by atoms with Crippen molar-refractivity contribution in [2.45, 2.75) is 64.0 Å². The molecule has 0 bridgehead atoms. The molecule has 1 aliphatic heterocycles. The van der Waals surface area contributed by atoms with Gasteiger partial charge in [-0.15, -0.1) is 0 Å². The first-order valence-electron chi connectivity index (χ1n) is 7.85. The first kappa shape index (κ1) is 15.7. The smallest absolute Gasteiger partial charge is 0.249 e. The molecule has 0 aromatic carbocycles. The van der Waals surface area contributed by atoms with Gasteiger partial charge >= 0.3 is 0 Å². The van der Waals surface area contributed by atoms with Gasteiger partial charge in [0.25, 0.3) is 0 Å². The van der Waals surface area contributed by atoms with E-state index in [-0.39, 0.29) is 17.9 Å². The van der Waals surface area contributed by atoms with Crippen LogP contribution in [0.15, 0.2) is 0 Å². The number of carbonyl (C=O) groups excluding carboxylic acids is 2. The predicted octanol–water partition coefficient (Wildman–Crippen LogP) is 2.18. The summed E-state index contributed by atoms with van der Waals surface area (Å²) in [6.07, 6.45) is 5.58. The summed E-state index contributed by atoms with van der Waals surface area (Å²) in [5.74, 6) is 2.19. The summed E-state index contributed by atoms with van der Waals surface area (Å²) in [4.78, 5) is 27.1. The van der Waals surface area contributed by atoms with Crippen LogP contribution < -0.4 is 5.32 Å². The molecule has 20 heavy (non-hydrogen) atoms. The number of hydrogen-bond acceptors (Lipinski definition) is 3. The molecule has 2 rings (SSSR count). The van der Waals surface area contributed by atoms with E-state index >= 15 is 0 Å². The second kappa shape index (κ2) is 6.83. The molecule has 1 saturated heterocycles. The first-order chi connectivity index (χ1) is 9.64. The number of nitrogens with one attached hydrogen (secondary N) is 1. The Morgan fingerprint density at radius 2 is 1.95 bits per heavy atom. The molecule has 0 aromatic heterocycles. The van der Waals surface area contributed by atoms with Gasteiger partial charge in [0, 0.05) is 12.3 Å². The Morgan fingerprint density at radius 3 is 2.55 bits per heavy atom. The highest BCUT2D eigenvalue weighted by Gasteiger charge is 2.50. The second-order valence-corrected chi connectivity index (χ2v) is 7.15. The highest BCUT2D eigenvalue weighted by molar-refractivity contribution is 7.99. The quantitative estimate of drug-likeness (QED) is 0.792. The first-order valence-corrected chi connectivity index (χ1v) is 9.01. The van der Waals surface area contributed by atoms with Gasteiger partial charge in [0.05, 0.1) is 0 Å². The van der Waals surface area contributed by atoms with E-state index in [1.807, 2.05) is 23.6 Å². The summed E-state index contributed by atoms with van der Waals surface area (Å²) < 4.78 is 0. The summed E-state index contributed by atoms with van der Waals surface area (Å²) in [5, 5.41) is 3.07. The number of rotatable bonds is 5. The third-order valence-electron chi connectivity index (χ3n) is 4.49. The number of carbonyl (C=O) groups is 2. The van der Waals surface area contributed by atoms with Gasteiger partial charge in [-0.05, 0) is 25.0 Å². The fraction of sp³-hybridized carbons (Fsp3) is 0.867. The van der Waals surface area contributed by atoms with Crippen molar-refractivity contribution < 1.29 is 9.59 Å². The monoisotopic (exact) mass is 298 g/mol. The molecule has 1 aliphatic carbocycles. The Balaban J connectivity index is 2.15. The molecule has 1 heterocycles. The number of nitrogens with zero attached hydrogens (tertiary/aromatic N) is 1. The summed E-state index contributed by atoms with van der Waals surface area (Å²) >= 11 is 1.83. The van der Waals surface area contributed by atoms with Crippen molar-refractivity contribution in [1.82, 2.24) is 10.2 Å². The molecule has 2 fully saturated rings. The van der Waals surface area contributed by atoms with Crippen LogP contribution in [0.1, 0.15) is 52.4 Å². The van der Waals surface area contributed by atoms with Crippen LogP contribution >= 0.6 is 11.8 Å². The minimum Gasteiger partial charge on any atom is -0.340 e. The minimum atomic E-state index is -0.585. The number of thioether (sulfide) groups is 1. The number of piperazine rings is 1. The number of hydrogen-bond donors (Lipinski definition) is 1. The van der Waals surface area contributed by atoms with Gasteiger partial charge in [-0.3, -0.25) is 9.59 Å². The maximum Gasteiger partial charge on any atom is 0.249 e. The molecule has 0 aromatic rings. The van der Waals surface area contributed by atoms with Gasteiger partial charge in [-0.2, -0.15) is 11.8 Å². The molecular formula is C15H26N2O2S. The fourth-order valence-corrected chi connectivity index (χ4v) is 4.01. The van der Waals surface area contributed by atoms with Crippen LogP contribution in [0.4, 0.5) is 0 Å². The van der Waals surface area contributed by atoms with E-state index in [1.165, 1.54) is 6.42 Å². The highest BCUT2D eigenvalue weighted by atomic mass is 32.2. The molecule has 1 spiro atoms. The van der Waals surface area contributed by atoms with Gasteiger partial charge in [0.2, 0.25) is 11.8 Å². The molecule has 1 N–H and O–H groups in total. The van der Waals surface area contributed by atoms with E-state index in [9.17, 15) is 9.59 Å². The summed E-state index contributed by atoms with van der Waals surface area (Å²) in [6.45, 7) is 4.80. The highest BCUT2D eigenvalue weighted by Crippen LogP contribution is 2.33. The van der Waals surface area contributed by atoms with Crippen molar-refractivity contribution in [3.05, 3.63) is 0 Å². The summed E-state index contributed by atoms with van der Waals surface area (Å²) in [6, 6.07) is -0.271. The largest absolute Gasteiger partial charge is 0.340 e. The molecule has 1 atom stereocenters. The van der Waals surface area contributed by atoms with Crippen molar-refractivity contribution in [3.63, 3.8) is 0 Å². The lowest BCUT2D eigenvalue weighted by atomic mass is 9.78. The molecule has 4 nitrogen and oxygen atoms in total. The maximum absolute atomic E-state index is 12.9. The summed E-state index contributed by atoms with van der Waals surface area (Å²) in [7, 11) is 0. The minimum absolute atomic E-state index is 0.0514. The molecule has 0 radical (unpaired) electrons. The van der Waals surface area contributed by atoms with E-state index in [0.29, 0.717) is 13.0 Å². The molecule has 1 unspecified atom stereocenters. The van der Waals surface area contributed by atoms with E-state index in [1.54, 1.807) is 0 Å². The summed E-state index contributed by atoms with van der Waals surface area (Å²) in [5.41, 5.74) is -0.585. The van der Waals surface area contributed by atoms with E-state index in [2.05, 4.69) is 12.2 Å². The average molecular weight is 298 g/mol. The topological polar surface area (TPSA) is 49.4 Å². The van der Waals surface area contributed by atoms with Crippen LogP contribution in [-0.4, -0.2) is 46.3 Å². The van der Waals surface area contributed by atoms with E-state index in [0.717, 1.165) is 37.2 Å². The van der Waals surface area contributed by atoms with Gasteiger partial charge < -0.3 is 10.2 Å². The van der Waals surface area contributed by atoms with Gasteiger partial charge in [-0.1, -0.05) is 33.1 Å². The van der Waals surface area contributed by atoms with Crippen molar-refractivity contribution in [1.29, 1.82) is 0 Å². The Kier molecular flexibility index (Phi) is 5.35. The van der Waals surface area contributed by atoms with Crippen LogP contribution in [0.2, 0.25) is 0 Å². The van der Waals surface area contributed by atoms with Crippen LogP contribution in [0.5, 0.6) is 0 Å². The molecule has 114 valence electrons. The van der Waals surface area contributed by atoms with Crippen LogP contribution in [0, 0.1) is 0 Å². The SMILES string of the molecule is CCSCCN1C(=O)C2(CCCCC2)NC(=O)C1CC. The normalized spacial score (nSPS) is 25.9. The van der Waals surface area contributed by atoms with E-state index < -0.39 is 5.54 Å². The number of amides is 2. The molecule has 5 heteroatoms. The zero-order chi connectivity index (χ0) is 14.6. The van der Waals surface area contributed by atoms with Gasteiger partial charge in [-0.25, -0.2) is 0 Å². The lowest BCUT2D eigenvalue weighted by molar-refractivity contribution is -0.156. The third-order valence-corrected chi connectivity index (χ3v) is 5.37. The lowest BCUT2D eigenvalue weighted by Crippen LogP contribution is -2.70. The zero-order valence-electron chi connectivity index (χ0n) is 12.6. The Morgan fingerprint density at radius 1 is 1.25 bits per heavy atom. The second-order valence-electron chi connectivity index (χ2n) is 5.75. The van der Waals surface area contributed by atoms with Gasteiger partial charge in [0.1, 0.15) is 11.6 Å². The van der Waals surface area contributed by atoms with Crippen LogP contribution in [-0.2, 0) is 9.59 Å². The molecular weight excluding hydrogens is 272 g/mol. The zero-order valence-corrected chi connectivity index (χ0v) is 13.4. The standard InChI is InChI=1S/C15H26N2O2S/c1-3-12-13(18)16-15(8-6-5-7-9-15)14(19)17(12)10-11-20-4-2/h12H,3-11H2,1-2H3,(H,16,18). The maximum atomic E-state index is 12.9. The van der Waals surface area contributed by atoms with Crippen molar-refractivity contribution in [2.24, 2.45) is 0 Å². The van der Waals surface area contributed by atoms with Crippen molar-refractivity contribution in [2.75, 3.05) is 18.1 Å². The predicted molar refractivity (Wildman–Crippen MR) is 82.7 cm³/mol. The molecule has 2 amide bonds. The van der Waals surface area contributed by atoms with Gasteiger partial charge in [0.15, 0.2) is 0 Å². The fourth-order valence-electron chi connectivity index (χ4n) is 3.40. The Labute approximate surface area is 126 Å². The van der Waals surface area contributed by atoms with Crippen LogP contribution in [0.3, 0.4) is 0 Å². The molecule has 1 saturated carbocycles. The lowest BCUT2D eigenvalue weighted by Gasteiger charge is -2.47. The van der Waals surface area contributed by atoms with Crippen molar-refractivity contribution in [3.8, 4) is 0 Å². The average Bonchev–Trinajstić information content (AvgIpc) is 2.45. The Hall–Kier alpha value is -0.710. The third kappa shape index (κ3) is 2.97.